The fraction of sp³-hybridized carbons (Fsp3) is 0.909. The van der Waals surface area contributed by atoms with Crippen LogP contribution in [-0.4, -0.2) is 43.8 Å². The summed E-state index contributed by atoms with van der Waals surface area (Å²) >= 11 is 0. The van der Waals surface area contributed by atoms with Crippen LogP contribution in [0.4, 0.5) is 0 Å². The molecular formula is C11H20N2O2. The summed E-state index contributed by atoms with van der Waals surface area (Å²) in [5, 5.41) is 3.17. The predicted molar refractivity (Wildman–Crippen MR) is 57.3 cm³/mol. The van der Waals surface area contributed by atoms with Gasteiger partial charge in [0, 0.05) is 20.3 Å². The Morgan fingerprint density at radius 2 is 2.33 bits per heavy atom. The second kappa shape index (κ2) is 4.10. The Bertz CT molecular complexity index is 251. The maximum Gasteiger partial charge on any atom is 0.237 e. The summed E-state index contributed by atoms with van der Waals surface area (Å²) in [7, 11) is 1.74. The van der Waals surface area contributed by atoms with Gasteiger partial charge < -0.3 is 9.64 Å². The first-order valence-electron chi connectivity index (χ1n) is 5.69. The monoisotopic (exact) mass is 212 g/mol. The van der Waals surface area contributed by atoms with E-state index in [1.807, 2.05) is 4.90 Å². The lowest BCUT2D eigenvalue weighted by Crippen LogP contribution is -2.39. The maximum atomic E-state index is 11.6. The Morgan fingerprint density at radius 3 is 2.80 bits per heavy atom. The Kier molecular flexibility index (Phi) is 2.98. The lowest BCUT2D eigenvalue weighted by molar-refractivity contribution is -0.128. The first-order chi connectivity index (χ1) is 7.17. The van der Waals surface area contributed by atoms with Crippen LogP contribution in [0.15, 0.2) is 0 Å². The van der Waals surface area contributed by atoms with Crippen molar-refractivity contribution in [2.24, 2.45) is 5.41 Å². The molecule has 1 unspecified atom stereocenters. The van der Waals surface area contributed by atoms with Gasteiger partial charge in [-0.3, -0.25) is 10.1 Å². The highest BCUT2D eigenvalue weighted by Gasteiger charge is 2.45. The van der Waals surface area contributed by atoms with Crippen LogP contribution >= 0.6 is 0 Å². The van der Waals surface area contributed by atoms with Gasteiger partial charge in [0.15, 0.2) is 0 Å². The number of ether oxygens (including phenoxy) is 1. The van der Waals surface area contributed by atoms with Crippen LogP contribution in [0, 0.1) is 5.41 Å². The van der Waals surface area contributed by atoms with Crippen LogP contribution in [-0.2, 0) is 9.53 Å². The topological polar surface area (TPSA) is 41.6 Å². The quantitative estimate of drug-likeness (QED) is 0.725. The number of methoxy groups -OCH3 is 1. The molecule has 1 N–H and O–H groups in total. The molecule has 1 heterocycles. The molecule has 1 saturated heterocycles. The van der Waals surface area contributed by atoms with E-state index in [-0.39, 0.29) is 12.1 Å². The van der Waals surface area contributed by atoms with Crippen molar-refractivity contribution in [3.05, 3.63) is 0 Å². The van der Waals surface area contributed by atoms with Gasteiger partial charge in [0.25, 0.3) is 0 Å². The molecule has 1 aliphatic carbocycles. The van der Waals surface area contributed by atoms with Crippen LogP contribution in [0.3, 0.4) is 0 Å². The van der Waals surface area contributed by atoms with Gasteiger partial charge >= 0.3 is 0 Å². The maximum absolute atomic E-state index is 11.6. The molecule has 1 aliphatic heterocycles. The lowest BCUT2D eigenvalue weighted by Gasteiger charge is -2.26. The summed E-state index contributed by atoms with van der Waals surface area (Å²) in [6.45, 7) is 4.27. The number of amides is 1. The van der Waals surface area contributed by atoms with E-state index >= 15 is 0 Å². The molecule has 0 aromatic heterocycles. The molecular weight excluding hydrogens is 192 g/mol. The van der Waals surface area contributed by atoms with E-state index in [0.29, 0.717) is 12.0 Å². The van der Waals surface area contributed by atoms with E-state index in [4.69, 9.17) is 4.74 Å². The highest BCUT2D eigenvalue weighted by molar-refractivity contribution is 5.80. The van der Waals surface area contributed by atoms with Crippen molar-refractivity contribution in [1.82, 2.24) is 10.2 Å². The predicted octanol–water partition coefficient (Wildman–Crippen LogP) is 0.581. The molecule has 0 bridgehead atoms. The number of hydrogen-bond acceptors (Lipinski definition) is 3. The highest BCUT2D eigenvalue weighted by Crippen LogP contribution is 2.49. The van der Waals surface area contributed by atoms with Crippen molar-refractivity contribution < 1.29 is 9.53 Å². The average Bonchev–Trinajstić information content (AvgIpc) is 2.93. The smallest absolute Gasteiger partial charge is 0.237 e. The number of carbonyl (C=O) groups excluding carboxylic acids is 1. The van der Waals surface area contributed by atoms with Gasteiger partial charge in [-0.05, 0) is 31.6 Å². The van der Waals surface area contributed by atoms with E-state index in [0.717, 1.165) is 19.6 Å². The normalized spacial score (nSPS) is 28.5. The molecule has 4 heteroatoms. The molecule has 2 fully saturated rings. The van der Waals surface area contributed by atoms with Gasteiger partial charge in [0.2, 0.25) is 5.91 Å². The molecule has 0 radical (unpaired) electrons. The van der Waals surface area contributed by atoms with Gasteiger partial charge in [-0.25, -0.2) is 0 Å². The number of nitrogens with one attached hydrogen (secondary N) is 1. The molecule has 1 atom stereocenters. The van der Waals surface area contributed by atoms with Crippen LogP contribution in [0.25, 0.3) is 0 Å². The molecule has 1 saturated carbocycles. The summed E-state index contributed by atoms with van der Waals surface area (Å²) in [4.78, 5) is 13.6. The molecule has 0 aromatic rings. The Balaban J connectivity index is 1.87. The Morgan fingerprint density at radius 1 is 1.60 bits per heavy atom. The van der Waals surface area contributed by atoms with Gasteiger partial charge in [-0.2, -0.15) is 0 Å². The van der Waals surface area contributed by atoms with Gasteiger partial charge in [0.1, 0.15) is 0 Å². The van der Waals surface area contributed by atoms with Crippen molar-refractivity contribution in [1.29, 1.82) is 0 Å². The first kappa shape index (κ1) is 10.9. The van der Waals surface area contributed by atoms with Crippen molar-refractivity contribution in [3.63, 3.8) is 0 Å². The zero-order chi connectivity index (χ0) is 10.9. The minimum Gasteiger partial charge on any atom is -0.385 e. The summed E-state index contributed by atoms with van der Waals surface area (Å²) in [6.07, 6.45) is 3.78. The van der Waals surface area contributed by atoms with E-state index in [9.17, 15) is 4.79 Å². The largest absolute Gasteiger partial charge is 0.385 e. The lowest BCUT2D eigenvalue weighted by atomic mass is 10.0. The van der Waals surface area contributed by atoms with Crippen LogP contribution in [0.1, 0.15) is 26.2 Å². The van der Waals surface area contributed by atoms with Crippen molar-refractivity contribution in [2.45, 2.75) is 32.4 Å². The van der Waals surface area contributed by atoms with Crippen molar-refractivity contribution in [3.8, 4) is 0 Å². The molecule has 1 amide bonds. The standard InChI is InChI=1S/C11H20N2O2/c1-9-12-7-10(14)13(9)8-11(3-4-11)5-6-15-2/h9,12H,3-8H2,1-2H3. The number of hydrogen-bond donors (Lipinski definition) is 1. The molecule has 2 aliphatic rings. The number of nitrogens with zero attached hydrogens (tertiary/aromatic N) is 1. The van der Waals surface area contributed by atoms with E-state index < -0.39 is 0 Å². The first-order valence-corrected chi connectivity index (χ1v) is 5.69. The fourth-order valence-corrected chi connectivity index (χ4v) is 2.23. The average molecular weight is 212 g/mol. The Labute approximate surface area is 91.0 Å². The minimum atomic E-state index is 0.206. The van der Waals surface area contributed by atoms with E-state index in [1.54, 1.807) is 7.11 Å². The molecule has 86 valence electrons. The molecule has 2 rings (SSSR count). The zero-order valence-electron chi connectivity index (χ0n) is 9.58. The third kappa shape index (κ3) is 2.32. The van der Waals surface area contributed by atoms with Crippen molar-refractivity contribution >= 4 is 5.91 Å². The summed E-state index contributed by atoms with van der Waals surface area (Å²) in [6, 6.07) is 0. The van der Waals surface area contributed by atoms with Crippen LogP contribution < -0.4 is 5.32 Å². The summed E-state index contributed by atoms with van der Waals surface area (Å²) < 4.78 is 5.12. The number of carbonyl (C=O) groups is 1. The third-order valence-electron chi connectivity index (χ3n) is 3.64. The second-order valence-electron chi connectivity index (χ2n) is 4.82. The van der Waals surface area contributed by atoms with Gasteiger partial charge in [-0.15, -0.1) is 0 Å². The second-order valence-corrected chi connectivity index (χ2v) is 4.82. The Hall–Kier alpha value is -0.610. The van der Waals surface area contributed by atoms with Crippen molar-refractivity contribution in [2.75, 3.05) is 26.8 Å². The van der Waals surface area contributed by atoms with Gasteiger partial charge in [-0.1, -0.05) is 0 Å². The molecule has 0 aromatic carbocycles. The van der Waals surface area contributed by atoms with E-state index in [1.165, 1.54) is 12.8 Å². The number of rotatable bonds is 5. The molecule has 0 spiro atoms. The summed E-state index contributed by atoms with van der Waals surface area (Å²) in [5.41, 5.74) is 0.367. The molecule has 4 nitrogen and oxygen atoms in total. The zero-order valence-corrected chi connectivity index (χ0v) is 9.58. The highest BCUT2D eigenvalue weighted by atomic mass is 16.5. The van der Waals surface area contributed by atoms with Crippen LogP contribution in [0.2, 0.25) is 0 Å². The fourth-order valence-electron chi connectivity index (χ4n) is 2.23. The SMILES string of the molecule is COCCC1(CN2C(=O)CNC2C)CC1. The van der Waals surface area contributed by atoms with Crippen LogP contribution in [0.5, 0.6) is 0 Å². The molecule has 15 heavy (non-hydrogen) atoms. The summed E-state index contributed by atoms with van der Waals surface area (Å²) in [5.74, 6) is 0.242. The van der Waals surface area contributed by atoms with Gasteiger partial charge in [0.05, 0.1) is 12.7 Å². The minimum absolute atomic E-state index is 0.206. The third-order valence-corrected chi connectivity index (χ3v) is 3.64. The van der Waals surface area contributed by atoms with E-state index in [2.05, 4.69) is 12.2 Å².